The Morgan fingerprint density at radius 3 is 2.25 bits per heavy atom. The third-order valence-corrected chi connectivity index (χ3v) is 16.1. The molecule has 0 N–H and O–H groups in total. The zero-order valence-electron chi connectivity index (χ0n) is 13.7. The Morgan fingerprint density at radius 2 is 1.65 bits per heavy atom. The van der Waals surface area contributed by atoms with Gasteiger partial charge in [0, 0.05) is 17.9 Å². The molecule has 1 aromatic carbocycles. The number of nitrogens with zero attached hydrogens (tertiary/aromatic N) is 1. The van der Waals surface area contributed by atoms with Crippen LogP contribution in [-0.4, -0.2) is 16.1 Å². The maximum absolute atomic E-state index is 2.57. The number of hydrogen-bond acceptors (Lipinski definition) is 0. The van der Waals surface area contributed by atoms with E-state index in [1.165, 1.54) is 22.1 Å². The summed E-state index contributed by atoms with van der Waals surface area (Å²) in [4.78, 5) is 0. The van der Waals surface area contributed by atoms with Crippen LogP contribution in [0.3, 0.4) is 0 Å². The number of aryl methyl sites for hydroxylation is 2. The number of aromatic nitrogens is 1. The molecule has 0 aliphatic carbocycles. The summed E-state index contributed by atoms with van der Waals surface area (Å²) in [6.45, 7) is 12.5. The molecule has 0 spiro atoms. The lowest BCUT2D eigenvalue weighted by Gasteiger charge is -2.19. The molecular weight excluding hydrogens is 274 g/mol. The van der Waals surface area contributed by atoms with Gasteiger partial charge in [0.25, 0.3) is 0 Å². The normalized spacial score (nSPS) is 19.3. The first kappa shape index (κ1) is 14.0. The Labute approximate surface area is 124 Å². The van der Waals surface area contributed by atoms with Gasteiger partial charge >= 0.3 is 0 Å². The van der Waals surface area contributed by atoms with Crippen molar-refractivity contribution in [3.8, 4) is 0 Å². The lowest BCUT2D eigenvalue weighted by atomic mass is 10.1. The lowest BCUT2D eigenvalue weighted by Crippen LogP contribution is -2.44. The van der Waals surface area contributed by atoms with Gasteiger partial charge < -0.3 is 0 Å². The van der Waals surface area contributed by atoms with Crippen LogP contribution in [0.5, 0.6) is 0 Å². The second-order valence-electron chi connectivity index (χ2n) is 7.66. The monoisotopic (exact) mass is 300 g/mol. The maximum atomic E-state index is 2.57. The van der Waals surface area contributed by atoms with Crippen LogP contribution < -0.4 is 14.9 Å². The van der Waals surface area contributed by atoms with Gasteiger partial charge in [0.1, 0.15) is 7.05 Å². The van der Waals surface area contributed by atoms with Crippen LogP contribution >= 0.6 is 0 Å². The summed E-state index contributed by atoms with van der Waals surface area (Å²) in [6, 6.07) is 7.40. The molecule has 1 aliphatic rings. The predicted molar refractivity (Wildman–Crippen MR) is 93.5 cm³/mol. The van der Waals surface area contributed by atoms with Crippen molar-refractivity contribution in [2.45, 2.75) is 45.2 Å². The highest BCUT2D eigenvalue weighted by Crippen LogP contribution is 2.28. The minimum Gasteiger partial charge on any atom is -0.205 e. The number of pyridine rings is 1. The fourth-order valence-corrected chi connectivity index (χ4v) is 19.4. The Balaban J connectivity index is 2.39. The Bertz CT molecular complexity index is 702. The fraction of sp³-hybridized carbons (Fsp3) is 0.471. The zero-order valence-corrected chi connectivity index (χ0v) is 15.7. The summed E-state index contributed by atoms with van der Waals surface area (Å²) in [7, 11) is -0.240. The van der Waals surface area contributed by atoms with E-state index in [9.17, 15) is 0 Å². The minimum atomic E-state index is -1.21. The standard InChI is InChI=1S/C17H26NSi2/c1-7-15-14-11-17-16(10-13(14)8-9-18(15)2)19(3,4)12-20(17,5)6/h8-11H,7,12H2,1-6H3/q+1. The van der Waals surface area contributed by atoms with Crippen LogP contribution in [0.25, 0.3) is 10.8 Å². The zero-order chi connectivity index (χ0) is 14.7. The summed E-state index contributed by atoms with van der Waals surface area (Å²) in [6.07, 6.45) is 3.33. The van der Waals surface area contributed by atoms with Gasteiger partial charge in [-0.25, -0.2) is 4.57 Å². The van der Waals surface area contributed by atoms with Crippen molar-refractivity contribution in [3.63, 3.8) is 0 Å². The second kappa shape index (κ2) is 4.28. The van der Waals surface area contributed by atoms with Crippen LogP contribution in [0.1, 0.15) is 12.6 Å². The highest BCUT2D eigenvalue weighted by molar-refractivity contribution is 7.14. The predicted octanol–water partition coefficient (Wildman–Crippen LogP) is 2.61. The summed E-state index contributed by atoms with van der Waals surface area (Å²) >= 11 is 0. The molecule has 0 amide bonds. The van der Waals surface area contributed by atoms with E-state index < -0.39 is 16.1 Å². The molecule has 106 valence electrons. The minimum absolute atomic E-state index is 1.11. The largest absolute Gasteiger partial charge is 0.205 e. The van der Waals surface area contributed by atoms with Gasteiger partial charge in [0.2, 0.25) is 0 Å². The van der Waals surface area contributed by atoms with E-state index >= 15 is 0 Å². The summed E-state index contributed by atoms with van der Waals surface area (Å²) in [5.74, 6) is 0. The first-order chi connectivity index (χ1) is 9.26. The smallest absolute Gasteiger partial charge is 0.188 e. The average Bonchev–Trinajstić information content (AvgIpc) is 2.53. The van der Waals surface area contributed by atoms with Crippen molar-refractivity contribution in [1.29, 1.82) is 0 Å². The quantitative estimate of drug-likeness (QED) is 0.563. The van der Waals surface area contributed by atoms with Gasteiger partial charge in [-0.15, -0.1) is 0 Å². The highest BCUT2D eigenvalue weighted by atomic mass is 28.4. The van der Waals surface area contributed by atoms with E-state index in [-0.39, 0.29) is 0 Å². The summed E-state index contributed by atoms with van der Waals surface area (Å²) < 4.78 is 2.29. The van der Waals surface area contributed by atoms with Gasteiger partial charge in [0.05, 0.1) is 16.1 Å². The average molecular weight is 301 g/mol. The van der Waals surface area contributed by atoms with E-state index in [4.69, 9.17) is 0 Å². The molecular formula is C17H26NSi2+. The van der Waals surface area contributed by atoms with E-state index in [2.05, 4.69) is 69.1 Å². The first-order valence-electron chi connectivity index (χ1n) is 7.72. The van der Waals surface area contributed by atoms with E-state index in [0.29, 0.717) is 0 Å². The van der Waals surface area contributed by atoms with Gasteiger partial charge in [-0.3, -0.25) is 0 Å². The second-order valence-corrected chi connectivity index (χ2v) is 17.7. The SMILES string of the molecule is CCc1c2cc3c(cc2cc[n+]1C)[Si](C)(C)C[Si]3(C)C. The molecule has 0 fully saturated rings. The van der Waals surface area contributed by atoms with Gasteiger partial charge in [-0.1, -0.05) is 55.2 Å². The fourth-order valence-electron chi connectivity index (χ4n) is 4.33. The molecule has 3 heteroatoms. The number of benzene rings is 1. The number of fused-ring (bicyclic) bond motifs is 2. The molecule has 2 heterocycles. The van der Waals surface area contributed by atoms with Crippen molar-refractivity contribution in [2.24, 2.45) is 7.05 Å². The third-order valence-electron chi connectivity index (χ3n) is 5.08. The van der Waals surface area contributed by atoms with Crippen LogP contribution in [0, 0.1) is 0 Å². The lowest BCUT2D eigenvalue weighted by molar-refractivity contribution is -0.677. The molecule has 1 aliphatic heterocycles. The Hall–Kier alpha value is -0.936. The first-order valence-corrected chi connectivity index (χ1v) is 14.1. The van der Waals surface area contributed by atoms with Crippen molar-refractivity contribution in [1.82, 2.24) is 0 Å². The molecule has 1 nitrogen and oxygen atoms in total. The third kappa shape index (κ3) is 1.91. The molecule has 2 aromatic rings. The van der Waals surface area contributed by atoms with Crippen LogP contribution in [-0.2, 0) is 13.5 Å². The molecule has 1 aromatic heterocycles. The molecule has 20 heavy (non-hydrogen) atoms. The molecule has 0 radical (unpaired) electrons. The molecule has 0 atom stereocenters. The van der Waals surface area contributed by atoms with Gasteiger partial charge in [-0.05, 0) is 11.5 Å². The molecule has 0 unspecified atom stereocenters. The molecule has 3 rings (SSSR count). The van der Waals surface area contributed by atoms with E-state index in [1.807, 2.05) is 0 Å². The van der Waals surface area contributed by atoms with Crippen molar-refractivity contribution < 1.29 is 4.57 Å². The summed E-state index contributed by atoms with van der Waals surface area (Å²) in [5.41, 5.74) is 2.99. The van der Waals surface area contributed by atoms with Crippen LogP contribution in [0.4, 0.5) is 0 Å². The highest BCUT2D eigenvalue weighted by Gasteiger charge is 2.44. The molecule has 0 bridgehead atoms. The van der Waals surface area contributed by atoms with Gasteiger partial charge in [-0.2, -0.15) is 0 Å². The van der Waals surface area contributed by atoms with E-state index in [1.54, 1.807) is 10.4 Å². The van der Waals surface area contributed by atoms with E-state index in [0.717, 1.165) is 6.42 Å². The van der Waals surface area contributed by atoms with Crippen molar-refractivity contribution in [3.05, 3.63) is 30.1 Å². The summed E-state index contributed by atoms with van der Waals surface area (Å²) in [5, 5.41) is 6.44. The van der Waals surface area contributed by atoms with Crippen molar-refractivity contribution in [2.75, 3.05) is 0 Å². The Morgan fingerprint density at radius 1 is 1.05 bits per heavy atom. The topological polar surface area (TPSA) is 3.88 Å². The number of rotatable bonds is 1. The van der Waals surface area contributed by atoms with Gasteiger partial charge in [0.15, 0.2) is 11.9 Å². The number of hydrogen-bond donors (Lipinski definition) is 0. The van der Waals surface area contributed by atoms with Crippen molar-refractivity contribution >= 4 is 37.3 Å². The van der Waals surface area contributed by atoms with Crippen LogP contribution in [0.2, 0.25) is 31.9 Å². The molecule has 0 saturated carbocycles. The maximum Gasteiger partial charge on any atom is 0.188 e. The Kier molecular flexibility index (Phi) is 3.00. The van der Waals surface area contributed by atoms with Crippen LogP contribution in [0.15, 0.2) is 24.4 Å². The molecule has 0 saturated heterocycles.